The number of thiophene rings is 1. The van der Waals surface area contributed by atoms with Gasteiger partial charge in [0.15, 0.2) is 5.69 Å². The number of sulfonamides is 1. The first-order valence-corrected chi connectivity index (χ1v) is 10.5. The summed E-state index contributed by atoms with van der Waals surface area (Å²) < 4.78 is 32.6. The predicted octanol–water partition coefficient (Wildman–Crippen LogP) is 4.89. The fraction of sp³-hybridized carbons (Fsp3) is 0.118. The summed E-state index contributed by atoms with van der Waals surface area (Å²) >= 11 is 7.03. The molecule has 0 aliphatic rings. The van der Waals surface area contributed by atoms with Crippen molar-refractivity contribution in [2.45, 2.75) is 18.1 Å². The molecule has 0 spiro atoms. The molecule has 0 fully saturated rings. The van der Waals surface area contributed by atoms with Crippen molar-refractivity contribution >= 4 is 56.5 Å². The molecule has 2 aromatic heterocycles. The minimum atomic E-state index is -3.79. The number of nitro groups is 1. The first-order chi connectivity index (χ1) is 13.2. The summed E-state index contributed by atoms with van der Waals surface area (Å²) in [6.45, 7) is 3.29. The van der Waals surface area contributed by atoms with E-state index < -0.39 is 14.9 Å². The molecule has 0 bridgehead atoms. The molecule has 0 saturated carbocycles. The van der Waals surface area contributed by atoms with Gasteiger partial charge in [-0.3, -0.25) is 14.8 Å². The van der Waals surface area contributed by atoms with Crippen LogP contribution in [-0.4, -0.2) is 18.5 Å². The predicted molar refractivity (Wildman–Crippen MR) is 108 cm³/mol. The first kappa shape index (κ1) is 20.1. The van der Waals surface area contributed by atoms with Crippen LogP contribution in [0.5, 0.6) is 0 Å². The van der Waals surface area contributed by atoms with Crippen molar-refractivity contribution in [3.63, 3.8) is 0 Å². The van der Waals surface area contributed by atoms with Crippen LogP contribution in [0.2, 0.25) is 5.02 Å². The molecule has 1 aromatic carbocycles. The molecule has 146 valence electrons. The molecule has 3 rings (SSSR count). The Morgan fingerprint density at radius 1 is 1.25 bits per heavy atom. The van der Waals surface area contributed by atoms with Gasteiger partial charge in [0, 0.05) is 9.90 Å². The maximum Gasteiger partial charge on any atom is 0.338 e. The van der Waals surface area contributed by atoms with E-state index in [2.05, 4.69) is 9.88 Å². The van der Waals surface area contributed by atoms with Gasteiger partial charge < -0.3 is 4.52 Å². The van der Waals surface area contributed by atoms with Crippen LogP contribution in [0.25, 0.3) is 12.2 Å². The molecule has 0 amide bonds. The van der Waals surface area contributed by atoms with E-state index in [-0.39, 0.29) is 21.4 Å². The Hall–Kier alpha value is -2.69. The number of aryl methyl sites for hydroxylation is 2. The van der Waals surface area contributed by atoms with Gasteiger partial charge >= 0.3 is 5.69 Å². The number of benzene rings is 1. The molecule has 3 aromatic rings. The lowest BCUT2D eigenvalue weighted by atomic mass is 10.2. The highest BCUT2D eigenvalue weighted by Gasteiger charge is 2.22. The minimum Gasteiger partial charge on any atom is -0.349 e. The first-order valence-electron chi connectivity index (χ1n) is 7.85. The molecule has 8 nitrogen and oxygen atoms in total. The summed E-state index contributed by atoms with van der Waals surface area (Å²) in [6.07, 6.45) is 2.91. The number of hydrogen-bond acceptors (Lipinski definition) is 7. The van der Waals surface area contributed by atoms with Gasteiger partial charge in [0.05, 0.1) is 10.6 Å². The van der Waals surface area contributed by atoms with Gasteiger partial charge in [-0.2, -0.15) is 0 Å². The van der Waals surface area contributed by atoms with Crippen molar-refractivity contribution < 1.29 is 17.9 Å². The number of hydrogen-bond donors (Lipinski definition) is 1. The smallest absolute Gasteiger partial charge is 0.338 e. The van der Waals surface area contributed by atoms with Crippen molar-refractivity contribution in [3.8, 4) is 0 Å². The zero-order valence-corrected chi connectivity index (χ0v) is 17.1. The topological polar surface area (TPSA) is 115 Å². The van der Waals surface area contributed by atoms with Gasteiger partial charge in [0.2, 0.25) is 5.76 Å². The highest BCUT2D eigenvalue weighted by molar-refractivity contribution is 7.94. The van der Waals surface area contributed by atoms with E-state index in [0.717, 1.165) is 16.9 Å². The Balaban J connectivity index is 1.81. The van der Waals surface area contributed by atoms with Crippen LogP contribution in [0.4, 0.5) is 11.4 Å². The average molecular weight is 440 g/mol. The lowest BCUT2D eigenvalue weighted by Crippen LogP contribution is -2.11. The van der Waals surface area contributed by atoms with Gasteiger partial charge in [-0.15, -0.1) is 11.3 Å². The SMILES string of the molecule is Cc1ccc(NS(=O)(=O)c2ccc(C=Cc3onc(C)c3[N+](=O)[O-])s2)cc1Cl. The third-order valence-corrected chi connectivity index (χ3v) is 7.06. The lowest BCUT2D eigenvalue weighted by Gasteiger charge is -2.07. The number of anilines is 1. The molecule has 11 heteroatoms. The van der Waals surface area contributed by atoms with Crippen LogP contribution in [0.1, 0.15) is 21.9 Å². The lowest BCUT2D eigenvalue weighted by molar-refractivity contribution is -0.386. The number of nitrogens with zero attached hydrogens (tertiary/aromatic N) is 2. The Bertz CT molecular complexity index is 1180. The fourth-order valence-corrected chi connectivity index (χ4v) is 4.76. The summed E-state index contributed by atoms with van der Waals surface area (Å²) in [4.78, 5) is 11.0. The Morgan fingerprint density at radius 2 is 2.00 bits per heavy atom. The highest BCUT2D eigenvalue weighted by Crippen LogP contribution is 2.29. The third kappa shape index (κ3) is 4.24. The molecule has 0 aliphatic heterocycles. The molecule has 0 unspecified atom stereocenters. The van der Waals surface area contributed by atoms with Crippen molar-refractivity contribution in [1.29, 1.82) is 0 Å². The summed E-state index contributed by atoms with van der Waals surface area (Å²) in [5.41, 5.74) is 1.14. The van der Waals surface area contributed by atoms with Crippen molar-refractivity contribution in [3.05, 3.63) is 67.4 Å². The van der Waals surface area contributed by atoms with Crippen molar-refractivity contribution in [2.24, 2.45) is 0 Å². The third-order valence-electron chi connectivity index (χ3n) is 3.73. The summed E-state index contributed by atoms with van der Waals surface area (Å²) in [6, 6.07) is 7.91. The molecule has 0 atom stereocenters. The van der Waals surface area contributed by atoms with Crippen LogP contribution in [0, 0.1) is 24.0 Å². The van der Waals surface area contributed by atoms with Gasteiger partial charge in [-0.05, 0) is 55.8 Å². The fourth-order valence-electron chi connectivity index (χ4n) is 2.30. The zero-order chi connectivity index (χ0) is 20.5. The van der Waals surface area contributed by atoms with Gasteiger partial charge in [0.1, 0.15) is 4.21 Å². The largest absolute Gasteiger partial charge is 0.349 e. The number of rotatable bonds is 6. The maximum atomic E-state index is 12.5. The number of halogens is 1. The van der Waals surface area contributed by atoms with E-state index >= 15 is 0 Å². The molecule has 0 radical (unpaired) electrons. The quantitative estimate of drug-likeness (QED) is 0.432. The van der Waals surface area contributed by atoms with Crippen LogP contribution >= 0.6 is 22.9 Å². The zero-order valence-electron chi connectivity index (χ0n) is 14.7. The number of nitrogens with one attached hydrogen (secondary N) is 1. The van der Waals surface area contributed by atoms with E-state index in [4.69, 9.17) is 16.1 Å². The summed E-state index contributed by atoms with van der Waals surface area (Å²) in [5, 5.41) is 15.1. The van der Waals surface area contributed by atoms with E-state index in [1.54, 1.807) is 18.2 Å². The second-order valence-electron chi connectivity index (χ2n) is 5.80. The van der Waals surface area contributed by atoms with Crippen molar-refractivity contribution in [2.75, 3.05) is 4.72 Å². The summed E-state index contributed by atoms with van der Waals surface area (Å²) in [5.74, 6) is -0.00673. The van der Waals surface area contributed by atoms with E-state index in [9.17, 15) is 18.5 Å². The van der Waals surface area contributed by atoms with E-state index in [1.165, 1.54) is 31.2 Å². The monoisotopic (exact) mass is 439 g/mol. The summed E-state index contributed by atoms with van der Waals surface area (Å²) in [7, 11) is -3.79. The average Bonchev–Trinajstić information content (AvgIpc) is 3.23. The van der Waals surface area contributed by atoms with Crippen LogP contribution < -0.4 is 4.72 Å². The van der Waals surface area contributed by atoms with Crippen molar-refractivity contribution in [1.82, 2.24) is 5.16 Å². The molecule has 0 aliphatic carbocycles. The Morgan fingerprint density at radius 3 is 2.68 bits per heavy atom. The molecular formula is C17H14ClN3O5S2. The highest BCUT2D eigenvalue weighted by atomic mass is 35.5. The molecule has 28 heavy (non-hydrogen) atoms. The molecular weight excluding hydrogens is 426 g/mol. The standard InChI is InChI=1S/C17H14ClN3O5S2/c1-10-3-4-12(9-14(10)18)20-28(24,25)16-8-6-13(27-16)5-7-15-17(21(22)23)11(2)19-26-15/h3-9,20H,1-2H3. The molecule has 0 saturated heterocycles. The van der Waals surface area contributed by atoms with Crippen LogP contribution in [-0.2, 0) is 10.0 Å². The molecule has 1 N–H and O–H groups in total. The maximum absolute atomic E-state index is 12.5. The minimum absolute atomic E-state index is 0.00673. The van der Waals surface area contributed by atoms with Crippen LogP contribution in [0.3, 0.4) is 0 Å². The second kappa shape index (κ2) is 7.74. The number of aromatic nitrogens is 1. The van der Waals surface area contributed by atoms with Gasteiger partial charge in [-0.25, -0.2) is 8.42 Å². The Kier molecular flexibility index (Phi) is 5.54. The van der Waals surface area contributed by atoms with Gasteiger partial charge in [-0.1, -0.05) is 22.8 Å². The normalized spacial score (nSPS) is 11.8. The Labute approximate surface area is 169 Å². The van der Waals surface area contributed by atoms with Crippen LogP contribution in [0.15, 0.2) is 39.1 Å². The van der Waals surface area contributed by atoms with E-state index in [1.807, 2.05) is 6.92 Å². The van der Waals surface area contributed by atoms with E-state index in [0.29, 0.717) is 15.6 Å². The molecule has 2 heterocycles. The van der Waals surface area contributed by atoms with Gasteiger partial charge in [0.25, 0.3) is 10.0 Å². The second-order valence-corrected chi connectivity index (χ2v) is 9.23.